The molecule has 5 nitrogen and oxygen atoms in total. The van der Waals surface area contributed by atoms with E-state index in [9.17, 15) is 9.90 Å². The molecular formula is C7H14N2O3. The molecule has 0 heterocycles. The van der Waals surface area contributed by atoms with Gasteiger partial charge in [-0.25, -0.2) is 4.79 Å². The van der Waals surface area contributed by atoms with Crippen LogP contribution in [0.5, 0.6) is 0 Å². The minimum atomic E-state index is -0.789. The van der Waals surface area contributed by atoms with Gasteiger partial charge in [-0.15, -0.1) is 0 Å². The lowest BCUT2D eigenvalue weighted by Crippen LogP contribution is -2.43. The molecule has 0 saturated heterocycles. The molecule has 70 valence electrons. The van der Waals surface area contributed by atoms with Crippen LogP contribution in [0.3, 0.4) is 0 Å². The molecule has 5 N–H and O–H groups in total. The Kier molecular flexibility index (Phi) is 2.88. The Morgan fingerprint density at radius 2 is 2.17 bits per heavy atom. The molecule has 5 heteroatoms. The first-order valence-electron chi connectivity index (χ1n) is 3.99. The molecule has 12 heavy (non-hydrogen) atoms. The van der Waals surface area contributed by atoms with Crippen molar-refractivity contribution in [2.24, 2.45) is 11.5 Å². The predicted molar refractivity (Wildman–Crippen MR) is 42.3 cm³/mol. The monoisotopic (exact) mass is 174 g/mol. The number of hydrogen-bond donors (Lipinski definition) is 3. The average molecular weight is 174 g/mol. The van der Waals surface area contributed by atoms with E-state index >= 15 is 0 Å². The Balaban J connectivity index is 2.35. The quantitative estimate of drug-likeness (QED) is 0.490. The lowest BCUT2D eigenvalue weighted by atomic mass is 9.91. The molecule has 0 spiro atoms. The number of rotatable bonds is 1. The van der Waals surface area contributed by atoms with Crippen molar-refractivity contribution in [3.8, 4) is 0 Å². The smallest absolute Gasteiger partial charge is 0.404 e. The van der Waals surface area contributed by atoms with Crippen molar-refractivity contribution in [3.63, 3.8) is 0 Å². The fourth-order valence-corrected chi connectivity index (χ4v) is 1.40. The van der Waals surface area contributed by atoms with Crippen LogP contribution in [0.2, 0.25) is 0 Å². The second-order valence-corrected chi connectivity index (χ2v) is 3.10. The third-order valence-electron chi connectivity index (χ3n) is 2.10. The number of carbonyl (C=O) groups is 1. The first-order valence-corrected chi connectivity index (χ1v) is 3.99. The van der Waals surface area contributed by atoms with Crippen LogP contribution in [-0.2, 0) is 4.74 Å². The van der Waals surface area contributed by atoms with Crippen LogP contribution in [0, 0.1) is 0 Å². The summed E-state index contributed by atoms with van der Waals surface area (Å²) in [5.74, 6) is 0. The van der Waals surface area contributed by atoms with E-state index in [1.165, 1.54) is 0 Å². The zero-order valence-corrected chi connectivity index (χ0v) is 6.77. The molecule has 1 amide bonds. The number of aliphatic hydroxyl groups is 1. The van der Waals surface area contributed by atoms with Crippen molar-refractivity contribution in [3.05, 3.63) is 0 Å². The molecule has 1 aliphatic rings. The van der Waals surface area contributed by atoms with Crippen molar-refractivity contribution in [2.75, 3.05) is 0 Å². The van der Waals surface area contributed by atoms with Crippen molar-refractivity contribution < 1.29 is 14.6 Å². The van der Waals surface area contributed by atoms with Crippen LogP contribution in [0.4, 0.5) is 4.79 Å². The molecule has 0 unspecified atom stereocenters. The Morgan fingerprint density at radius 1 is 1.50 bits per heavy atom. The summed E-state index contributed by atoms with van der Waals surface area (Å²) < 4.78 is 4.73. The van der Waals surface area contributed by atoms with Crippen LogP contribution < -0.4 is 11.5 Å². The van der Waals surface area contributed by atoms with E-state index in [1.54, 1.807) is 0 Å². The molecule has 0 aromatic carbocycles. The van der Waals surface area contributed by atoms with E-state index in [0.717, 1.165) is 0 Å². The van der Waals surface area contributed by atoms with Crippen LogP contribution in [0.25, 0.3) is 0 Å². The van der Waals surface area contributed by atoms with Crippen molar-refractivity contribution in [2.45, 2.75) is 37.5 Å². The number of ether oxygens (including phenoxy) is 1. The highest BCUT2D eigenvalue weighted by molar-refractivity contribution is 5.64. The second kappa shape index (κ2) is 3.73. The third kappa shape index (κ3) is 2.35. The minimum absolute atomic E-state index is 0.197. The maximum atomic E-state index is 10.3. The molecule has 1 rings (SSSR count). The molecular weight excluding hydrogens is 160 g/mol. The lowest BCUT2D eigenvalue weighted by Gasteiger charge is -2.29. The zero-order chi connectivity index (χ0) is 9.14. The van der Waals surface area contributed by atoms with E-state index in [4.69, 9.17) is 16.2 Å². The van der Waals surface area contributed by atoms with Gasteiger partial charge < -0.3 is 21.3 Å². The summed E-state index contributed by atoms with van der Waals surface area (Å²) in [4.78, 5) is 10.3. The van der Waals surface area contributed by atoms with Crippen LogP contribution >= 0.6 is 0 Å². The summed E-state index contributed by atoms with van der Waals surface area (Å²) in [5, 5.41) is 9.30. The maximum absolute atomic E-state index is 10.3. The second-order valence-electron chi connectivity index (χ2n) is 3.10. The first-order chi connectivity index (χ1) is 5.59. The summed E-state index contributed by atoms with van der Waals surface area (Å²) in [6, 6.07) is -0.197. The number of amides is 1. The van der Waals surface area contributed by atoms with Gasteiger partial charge in [-0.2, -0.15) is 0 Å². The number of hydrogen-bond acceptors (Lipinski definition) is 4. The van der Waals surface area contributed by atoms with Gasteiger partial charge in [0.15, 0.2) is 0 Å². The highest BCUT2D eigenvalue weighted by Crippen LogP contribution is 2.20. The normalized spacial score (nSPS) is 36.0. The number of primary amides is 1. The van der Waals surface area contributed by atoms with E-state index < -0.39 is 12.2 Å². The van der Waals surface area contributed by atoms with E-state index in [1.807, 2.05) is 0 Å². The average Bonchev–Trinajstić information content (AvgIpc) is 1.96. The van der Waals surface area contributed by atoms with Crippen LogP contribution in [-0.4, -0.2) is 29.4 Å². The molecule has 3 atom stereocenters. The highest BCUT2D eigenvalue weighted by Gasteiger charge is 2.28. The SMILES string of the molecule is NC(=O)O[C@@H]1CC[C@@H](N)[C@H](O)C1. The summed E-state index contributed by atoms with van der Waals surface area (Å²) in [6.45, 7) is 0. The molecule has 0 aliphatic heterocycles. The number of nitrogens with two attached hydrogens (primary N) is 2. The summed E-state index contributed by atoms with van der Waals surface area (Å²) in [6.07, 6.45) is 0.104. The summed E-state index contributed by atoms with van der Waals surface area (Å²) >= 11 is 0. The molecule has 0 bridgehead atoms. The molecule has 0 radical (unpaired) electrons. The predicted octanol–water partition coefficient (Wildman–Crippen LogP) is -0.678. The topological polar surface area (TPSA) is 98.6 Å². The van der Waals surface area contributed by atoms with Gasteiger partial charge in [0.25, 0.3) is 0 Å². The van der Waals surface area contributed by atoms with Crippen molar-refractivity contribution >= 4 is 6.09 Å². The van der Waals surface area contributed by atoms with Gasteiger partial charge in [-0.3, -0.25) is 0 Å². The number of aliphatic hydroxyl groups excluding tert-OH is 1. The molecule has 0 aromatic rings. The highest BCUT2D eigenvalue weighted by atomic mass is 16.6. The fourth-order valence-electron chi connectivity index (χ4n) is 1.40. The van der Waals surface area contributed by atoms with Gasteiger partial charge in [0.2, 0.25) is 0 Å². The molecule has 1 fully saturated rings. The standard InChI is InChI=1S/C7H14N2O3/c8-5-2-1-4(3-6(5)10)12-7(9)11/h4-6,10H,1-3,8H2,(H2,9,11)/t4-,5-,6-/m1/s1. The van der Waals surface area contributed by atoms with E-state index in [2.05, 4.69) is 0 Å². The summed E-state index contributed by atoms with van der Waals surface area (Å²) in [7, 11) is 0. The van der Waals surface area contributed by atoms with Crippen molar-refractivity contribution in [1.29, 1.82) is 0 Å². The third-order valence-corrected chi connectivity index (χ3v) is 2.10. The molecule has 1 aliphatic carbocycles. The Bertz CT molecular complexity index is 174. The van der Waals surface area contributed by atoms with Gasteiger partial charge in [0.05, 0.1) is 6.10 Å². The Labute approximate surface area is 70.7 Å². The van der Waals surface area contributed by atoms with E-state index in [-0.39, 0.29) is 12.1 Å². The van der Waals surface area contributed by atoms with Crippen LogP contribution in [0.15, 0.2) is 0 Å². The minimum Gasteiger partial charge on any atom is -0.446 e. The summed E-state index contributed by atoms with van der Waals surface area (Å²) in [5.41, 5.74) is 10.4. The zero-order valence-electron chi connectivity index (χ0n) is 6.77. The fraction of sp³-hybridized carbons (Fsp3) is 0.857. The molecule has 1 saturated carbocycles. The largest absolute Gasteiger partial charge is 0.446 e. The number of carbonyl (C=O) groups excluding carboxylic acids is 1. The lowest BCUT2D eigenvalue weighted by molar-refractivity contribution is 0.0160. The Hall–Kier alpha value is -0.810. The van der Waals surface area contributed by atoms with Gasteiger partial charge in [-0.05, 0) is 12.8 Å². The van der Waals surface area contributed by atoms with Gasteiger partial charge in [0, 0.05) is 12.5 Å². The maximum Gasteiger partial charge on any atom is 0.404 e. The van der Waals surface area contributed by atoms with Gasteiger partial charge >= 0.3 is 6.09 Å². The van der Waals surface area contributed by atoms with E-state index in [0.29, 0.717) is 19.3 Å². The van der Waals surface area contributed by atoms with Crippen LogP contribution in [0.1, 0.15) is 19.3 Å². The molecule has 0 aromatic heterocycles. The van der Waals surface area contributed by atoms with Gasteiger partial charge in [-0.1, -0.05) is 0 Å². The van der Waals surface area contributed by atoms with Crippen molar-refractivity contribution in [1.82, 2.24) is 0 Å². The van der Waals surface area contributed by atoms with Gasteiger partial charge in [0.1, 0.15) is 6.10 Å². The Morgan fingerprint density at radius 3 is 2.67 bits per heavy atom. The first kappa shape index (κ1) is 9.28.